The van der Waals surface area contributed by atoms with Crippen LogP contribution in [0.4, 0.5) is 0 Å². The number of carbonyl (C=O) groups excluding carboxylic acids is 1. The van der Waals surface area contributed by atoms with E-state index in [1.165, 1.54) is 16.8 Å². The van der Waals surface area contributed by atoms with Crippen LogP contribution >= 0.6 is 24.8 Å². The van der Waals surface area contributed by atoms with E-state index in [1.807, 2.05) is 6.92 Å². The van der Waals surface area contributed by atoms with Crippen LogP contribution in [0.25, 0.3) is 11.0 Å². The molecule has 0 atom stereocenters. The predicted octanol–water partition coefficient (Wildman–Crippen LogP) is 1.08. The van der Waals surface area contributed by atoms with Crippen molar-refractivity contribution in [1.29, 1.82) is 0 Å². The summed E-state index contributed by atoms with van der Waals surface area (Å²) in [6.07, 6.45) is 3.97. The third-order valence-electron chi connectivity index (χ3n) is 5.28. The molecule has 30 heavy (non-hydrogen) atoms. The van der Waals surface area contributed by atoms with Crippen LogP contribution in [-0.4, -0.2) is 53.8 Å². The minimum atomic E-state index is -0.538. The molecule has 0 aromatic carbocycles. The van der Waals surface area contributed by atoms with E-state index in [0.29, 0.717) is 30.9 Å². The maximum Gasteiger partial charge on any atom is 0.329 e. The molecule has 0 aliphatic carbocycles. The molecular weight excluding hydrogens is 433 g/mol. The molecule has 1 saturated heterocycles. The fourth-order valence-electron chi connectivity index (χ4n) is 3.73. The van der Waals surface area contributed by atoms with E-state index in [9.17, 15) is 14.4 Å². The van der Waals surface area contributed by atoms with Crippen LogP contribution < -0.4 is 21.9 Å². The number of hydrogen-bond acceptors (Lipinski definition) is 6. The van der Waals surface area contributed by atoms with Crippen molar-refractivity contribution in [2.75, 3.05) is 33.4 Å². The summed E-state index contributed by atoms with van der Waals surface area (Å²) in [6.45, 7) is 5.22. The summed E-state index contributed by atoms with van der Waals surface area (Å²) in [6, 6.07) is 1.49. The van der Waals surface area contributed by atoms with Crippen molar-refractivity contribution in [2.45, 2.75) is 32.7 Å². The summed E-state index contributed by atoms with van der Waals surface area (Å²) in [5, 5.41) is 6.51. The summed E-state index contributed by atoms with van der Waals surface area (Å²) in [5.41, 5.74) is -0.540. The van der Waals surface area contributed by atoms with Crippen LogP contribution in [0, 0.1) is 5.41 Å². The van der Waals surface area contributed by atoms with Crippen molar-refractivity contribution in [3.8, 4) is 0 Å². The van der Waals surface area contributed by atoms with Gasteiger partial charge in [-0.3, -0.25) is 19.1 Å². The van der Waals surface area contributed by atoms with Gasteiger partial charge in [0, 0.05) is 31.8 Å². The maximum absolute atomic E-state index is 12.7. The summed E-state index contributed by atoms with van der Waals surface area (Å²) in [5.74, 6) is -0.295. The molecular formula is C19H29Cl2N5O4. The lowest BCUT2D eigenvalue weighted by atomic mass is 9.79. The Balaban J connectivity index is 0.00000225. The third-order valence-corrected chi connectivity index (χ3v) is 5.28. The number of carbonyl (C=O) groups is 1. The molecule has 3 N–H and O–H groups in total. The molecule has 3 rings (SSSR count). The SMILES string of the molecule is CCCn1c(=O)[nH]c(=O)c2cc(C(=O)NCC3(COC)CCNCC3)cnc21.Cl.Cl. The molecule has 11 heteroatoms. The van der Waals surface area contributed by atoms with Crippen LogP contribution in [0.1, 0.15) is 36.5 Å². The Labute approximate surface area is 186 Å². The van der Waals surface area contributed by atoms with Gasteiger partial charge in [-0.25, -0.2) is 9.78 Å². The molecule has 2 aromatic rings. The normalized spacial score (nSPS) is 15.1. The van der Waals surface area contributed by atoms with Gasteiger partial charge in [0.2, 0.25) is 0 Å². The number of ether oxygens (including phenoxy) is 1. The van der Waals surface area contributed by atoms with Gasteiger partial charge >= 0.3 is 5.69 Å². The van der Waals surface area contributed by atoms with Crippen molar-refractivity contribution in [3.63, 3.8) is 0 Å². The number of amides is 1. The van der Waals surface area contributed by atoms with Gasteiger partial charge in [0.15, 0.2) is 0 Å². The van der Waals surface area contributed by atoms with Gasteiger partial charge in [0.1, 0.15) is 5.65 Å². The Morgan fingerprint density at radius 1 is 1.30 bits per heavy atom. The number of halogens is 2. The minimum absolute atomic E-state index is 0. The number of aromatic nitrogens is 3. The van der Waals surface area contributed by atoms with Gasteiger partial charge < -0.3 is 15.4 Å². The van der Waals surface area contributed by atoms with Crippen molar-refractivity contribution in [2.24, 2.45) is 5.41 Å². The fourth-order valence-corrected chi connectivity index (χ4v) is 3.73. The second-order valence-corrected chi connectivity index (χ2v) is 7.37. The number of hydrogen-bond donors (Lipinski definition) is 3. The first-order valence-electron chi connectivity index (χ1n) is 9.60. The lowest BCUT2D eigenvalue weighted by molar-refractivity contribution is 0.0511. The van der Waals surface area contributed by atoms with Gasteiger partial charge in [-0.15, -0.1) is 24.8 Å². The number of pyridine rings is 1. The molecule has 1 fully saturated rings. The van der Waals surface area contributed by atoms with Crippen LogP contribution in [0.2, 0.25) is 0 Å². The number of fused-ring (bicyclic) bond motifs is 1. The number of nitrogens with zero attached hydrogens (tertiary/aromatic N) is 2. The van der Waals surface area contributed by atoms with E-state index >= 15 is 0 Å². The Hall–Kier alpha value is -1.94. The summed E-state index contributed by atoms with van der Waals surface area (Å²) < 4.78 is 6.79. The standard InChI is InChI=1S/C19H27N5O4.2ClH/c1-3-8-24-15-14(17(26)23-18(24)27)9-13(10-21-15)16(25)22-11-19(12-28-2)4-6-20-7-5-19;;/h9-10,20H,3-8,11-12H2,1-2H3,(H,22,25)(H,23,26,27);2*1H. The monoisotopic (exact) mass is 461 g/mol. The molecule has 0 saturated carbocycles. The van der Waals surface area contributed by atoms with Gasteiger partial charge in [0.05, 0.1) is 17.6 Å². The number of rotatable bonds is 7. The van der Waals surface area contributed by atoms with Crippen LogP contribution in [-0.2, 0) is 11.3 Å². The van der Waals surface area contributed by atoms with Crippen LogP contribution in [0.5, 0.6) is 0 Å². The second-order valence-electron chi connectivity index (χ2n) is 7.37. The number of aromatic amines is 1. The van der Waals surface area contributed by atoms with E-state index in [1.54, 1.807) is 7.11 Å². The smallest absolute Gasteiger partial charge is 0.329 e. The Kier molecular flexibility index (Phi) is 9.96. The predicted molar refractivity (Wildman–Crippen MR) is 120 cm³/mol. The van der Waals surface area contributed by atoms with Crippen molar-refractivity contribution < 1.29 is 9.53 Å². The molecule has 2 aromatic heterocycles. The number of methoxy groups -OCH3 is 1. The van der Waals surface area contributed by atoms with Gasteiger partial charge in [-0.05, 0) is 38.4 Å². The second kappa shape index (κ2) is 11.5. The van der Waals surface area contributed by atoms with Crippen molar-refractivity contribution >= 4 is 41.8 Å². The van der Waals surface area contributed by atoms with E-state index < -0.39 is 11.2 Å². The first kappa shape index (κ1) is 26.1. The Morgan fingerprint density at radius 3 is 2.63 bits per heavy atom. The minimum Gasteiger partial charge on any atom is -0.384 e. The Bertz CT molecular complexity index is 964. The molecule has 0 radical (unpaired) electrons. The Morgan fingerprint density at radius 2 is 2.00 bits per heavy atom. The van der Waals surface area contributed by atoms with Crippen molar-refractivity contribution in [1.82, 2.24) is 25.2 Å². The number of H-pyrrole nitrogens is 1. The summed E-state index contributed by atoms with van der Waals surface area (Å²) in [7, 11) is 1.67. The quantitative estimate of drug-likeness (QED) is 0.567. The highest BCUT2D eigenvalue weighted by atomic mass is 35.5. The zero-order chi connectivity index (χ0) is 20.1. The van der Waals surface area contributed by atoms with E-state index in [2.05, 4.69) is 20.6 Å². The maximum atomic E-state index is 12.7. The lowest BCUT2D eigenvalue weighted by Crippen LogP contribution is -2.47. The van der Waals surface area contributed by atoms with Crippen molar-refractivity contribution in [3.05, 3.63) is 38.7 Å². The molecule has 0 unspecified atom stereocenters. The lowest BCUT2D eigenvalue weighted by Gasteiger charge is -2.37. The molecule has 9 nitrogen and oxygen atoms in total. The van der Waals surface area contributed by atoms with Gasteiger partial charge in [-0.1, -0.05) is 6.92 Å². The molecule has 3 heterocycles. The number of piperidine rings is 1. The highest BCUT2D eigenvalue weighted by Gasteiger charge is 2.32. The summed E-state index contributed by atoms with van der Waals surface area (Å²) >= 11 is 0. The van der Waals surface area contributed by atoms with Crippen LogP contribution in [0.15, 0.2) is 21.9 Å². The zero-order valence-electron chi connectivity index (χ0n) is 17.2. The molecule has 0 bridgehead atoms. The molecule has 1 aliphatic rings. The zero-order valence-corrected chi connectivity index (χ0v) is 18.8. The number of nitrogens with one attached hydrogen (secondary N) is 3. The highest BCUT2D eigenvalue weighted by Crippen LogP contribution is 2.28. The largest absolute Gasteiger partial charge is 0.384 e. The van der Waals surface area contributed by atoms with Gasteiger partial charge in [-0.2, -0.15) is 0 Å². The molecule has 1 amide bonds. The average Bonchev–Trinajstić information content (AvgIpc) is 2.70. The highest BCUT2D eigenvalue weighted by molar-refractivity contribution is 5.96. The van der Waals surface area contributed by atoms with E-state index in [4.69, 9.17) is 4.74 Å². The molecule has 168 valence electrons. The van der Waals surface area contributed by atoms with E-state index in [0.717, 1.165) is 32.4 Å². The average molecular weight is 462 g/mol. The summed E-state index contributed by atoms with van der Waals surface area (Å²) in [4.78, 5) is 43.4. The van der Waals surface area contributed by atoms with E-state index in [-0.39, 0.29) is 41.5 Å². The van der Waals surface area contributed by atoms with Crippen LogP contribution in [0.3, 0.4) is 0 Å². The van der Waals surface area contributed by atoms with Gasteiger partial charge in [0.25, 0.3) is 11.5 Å². The number of aryl methyl sites for hydroxylation is 1. The molecule has 1 aliphatic heterocycles. The fraction of sp³-hybridized carbons (Fsp3) is 0.579. The third kappa shape index (κ3) is 5.60. The first-order valence-corrected chi connectivity index (χ1v) is 9.60. The first-order chi connectivity index (χ1) is 13.5. The molecule has 0 spiro atoms. The topological polar surface area (TPSA) is 118 Å².